The molecule has 0 aromatic heterocycles. The third kappa shape index (κ3) is 1.24. The summed E-state index contributed by atoms with van der Waals surface area (Å²) in [5.41, 5.74) is 4.11. The number of fused-ring (bicyclic) bond motifs is 3. The molecule has 0 bridgehead atoms. The predicted octanol–water partition coefficient (Wildman–Crippen LogP) is 2.13. The SMILES string of the molecule is O=C1Cc2ccc3c(c2N1)C=CC=CN3. The third-order valence-electron chi connectivity index (χ3n) is 2.66. The van der Waals surface area contributed by atoms with Gasteiger partial charge in [-0.2, -0.15) is 0 Å². The molecule has 2 N–H and O–H groups in total. The molecule has 0 aliphatic carbocycles. The lowest BCUT2D eigenvalue weighted by Crippen LogP contribution is -2.04. The highest BCUT2D eigenvalue weighted by Crippen LogP contribution is 2.34. The number of amides is 1. The van der Waals surface area contributed by atoms with Crippen molar-refractivity contribution in [1.82, 2.24) is 0 Å². The third-order valence-corrected chi connectivity index (χ3v) is 2.66. The van der Waals surface area contributed by atoms with Crippen LogP contribution in [0.4, 0.5) is 11.4 Å². The summed E-state index contributed by atoms with van der Waals surface area (Å²) in [4.78, 5) is 11.3. The quantitative estimate of drug-likeness (QED) is 0.670. The van der Waals surface area contributed by atoms with E-state index in [0.29, 0.717) is 6.42 Å². The highest BCUT2D eigenvalue weighted by Gasteiger charge is 2.21. The molecule has 0 radical (unpaired) electrons. The zero-order chi connectivity index (χ0) is 10.3. The monoisotopic (exact) mass is 198 g/mol. The van der Waals surface area contributed by atoms with Crippen molar-refractivity contribution < 1.29 is 4.79 Å². The number of benzene rings is 1. The second-order valence-corrected chi connectivity index (χ2v) is 3.65. The molecule has 15 heavy (non-hydrogen) atoms. The first-order valence-corrected chi connectivity index (χ1v) is 4.90. The highest BCUT2D eigenvalue weighted by molar-refractivity contribution is 6.03. The Labute approximate surface area is 87.5 Å². The standard InChI is InChI=1S/C12H10N2O/c15-11-7-8-4-5-10-9(12(8)14-11)3-1-2-6-13-10/h1-6,13H,7H2,(H,14,15). The van der Waals surface area contributed by atoms with Gasteiger partial charge in [0.15, 0.2) is 0 Å². The summed E-state index contributed by atoms with van der Waals surface area (Å²) in [5, 5.41) is 6.07. The molecule has 1 aromatic carbocycles. The smallest absolute Gasteiger partial charge is 0.228 e. The number of hydrogen-bond donors (Lipinski definition) is 2. The molecule has 74 valence electrons. The van der Waals surface area contributed by atoms with Gasteiger partial charge in [-0.1, -0.05) is 18.2 Å². The topological polar surface area (TPSA) is 41.1 Å². The molecule has 0 saturated carbocycles. The van der Waals surface area contributed by atoms with Crippen LogP contribution in [0, 0.1) is 0 Å². The van der Waals surface area contributed by atoms with Crippen LogP contribution in [0.5, 0.6) is 0 Å². The van der Waals surface area contributed by atoms with E-state index in [-0.39, 0.29) is 5.91 Å². The Morgan fingerprint density at radius 1 is 1.20 bits per heavy atom. The molecule has 0 fully saturated rings. The van der Waals surface area contributed by atoms with Gasteiger partial charge in [-0.25, -0.2) is 0 Å². The number of nitrogens with one attached hydrogen (secondary N) is 2. The second kappa shape index (κ2) is 2.98. The molecule has 0 spiro atoms. The highest BCUT2D eigenvalue weighted by atomic mass is 16.1. The lowest BCUT2D eigenvalue weighted by atomic mass is 10.1. The summed E-state index contributed by atoms with van der Waals surface area (Å²) in [6.07, 6.45) is 8.28. The van der Waals surface area contributed by atoms with Crippen LogP contribution in [-0.2, 0) is 11.2 Å². The molecule has 0 saturated heterocycles. The van der Waals surface area contributed by atoms with Crippen LogP contribution in [0.3, 0.4) is 0 Å². The molecule has 0 unspecified atom stereocenters. The van der Waals surface area contributed by atoms with Gasteiger partial charge in [0.25, 0.3) is 0 Å². The lowest BCUT2D eigenvalue weighted by Gasteiger charge is -2.09. The van der Waals surface area contributed by atoms with E-state index in [9.17, 15) is 4.79 Å². The predicted molar refractivity (Wildman–Crippen MR) is 60.6 cm³/mol. The van der Waals surface area contributed by atoms with E-state index in [1.54, 1.807) is 0 Å². The van der Waals surface area contributed by atoms with Gasteiger partial charge in [0.1, 0.15) is 0 Å². The van der Waals surface area contributed by atoms with E-state index < -0.39 is 0 Å². The summed E-state index contributed by atoms with van der Waals surface area (Å²) in [6, 6.07) is 4.00. The number of rotatable bonds is 0. The van der Waals surface area contributed by atoms with Crippen molar-refractivity contribution in [2.45, 2.75) is 6.42 Å². The Bertz CT molecular complexity index is 501. The van der Waals surface area contributed by atoms with Gasteiger partial charge in [-0.05, 0) is 17.7 Å². The lowest BCUT2D eigenvalue weighted by molar-refractivity contribution is -0.115. The average Bonchev–Trinajstić information content (AvgIpc) is 2.48. The van der Waals surface area contributed by atoms with Gasteiger partial charge >= 0.3 is 0 Å². The number of allylic oxidation sites excluding steroid dienone is 2. The Kier molecular flexibility index (Phi) is 1.65. The van der Waals surface area contributed by atoms with Crippen molar-refractivity contribution in [3.63, 3.8) is 0 Å². The van der Waals surface area contributed by atoms with Crippen LogP contribution >= 0.6 is 0 Å². The van der Waals surface area contributed by atoms with E-state index in [1.807, 2.05) is 36.6 Å². The van der Waals surface area contributed by atoms with Crippen molar-refractivity contribution in [3.05, 3.63) is 41.6 Å². The van der Waals surface area contributed by atoms with Gasteiger partial charge in [-0.3, -0.25) is 4.79 Å². The van der Waals surface area contributed by atoms with Gasteiger partial charge in [0.2, 0.25) is 5.91 Å². The van der Waals surface area contributed by atoms with Gasteiger partial charge in [0, 0.05) is 17.5 Å². The number of anilines is 2. The number of carbonyl (C=O) groups excluding carboxylic acids is 1. The molecule has 3 heteroatoms. The minimum Gasteiger partial charge on any atom is -0.361 e. The molecular weight excluding hydrogens is 188 g/mol. The molecule has 3 nitrogen and oxygen atoms in total. The fourth-order valence-electron chi connectivity index (χ4n) is 1.96. The van der Waals surface area contributed by atoms with E-state index in [2.05, 4.69) is 10.6 Å². The van der Waals surface area contributed by atoms with Crippen LogP contribution in [0.1, 0.15) is 11.1 Å². The molecule has 2 aliphatic rings. The first kappa shape index (κ1) is 8.29. The Balaban J connectivity index is 2.21. The van der Waals surface area contributed by atoms with Crippen LogP contribution in [-0.4, -0.2) is 5.91 Å². The van der Waals surface area contributed by atoms with Crippen LogP contribution in [0.2, 0.25) is 0 Å². The van der Waals surface area contributed by atoms with Crippen molar-refractivity contribution >= 4 is 23.4 Å². The van der Waals surface area contributed by atoms with Gasteiger partial charge < -0.3 is 10.6 Å². The second-order valence-electron chi connectivity index (χ2n) is 3.65. The Hall–Kier alpha value is -2.03. The maximum Gasteiger partial charge on any atom is 0.228 e. The molecule has 1 amide bonds. The van der Waals surface area contributed by atoms with Crippen molar-refractivity contribution in [2.24, 2.45) is 0 Å². The minimum absolute atomic E-state index is 0.0732. The molecule has 3 rings (SSSR count). The maximum atomic E-state index is 11.3. The summed E-state index contributed by atoms with van der Waals surface area (Å²) in [5.74, 6) is 0.0732. The minimum atomic E-state index is 0.0732. The number of carbonyl (C=O) groups is 1. The molecule has 2 heterocycles. The van der Waals surface area contributed by atoms with Gasteiger partial charge in [-0.15, -0.1) is 0 Å². The van der Waals surface area contributed by atoms with E-state index in [0.717, 1.165) is 22.5 Å². The van der Waals surface area contributed by atoms with Crippen molar-refractivity contribution in [2.75, 3.05) is 10.6 Å². The fraction of sp³-hybridized carbons (Fsp3) is 0.0833. The van der Waals surface area contributed by atoms with Crippen LogP contribution < -0.4 is 10.6 Å². The van der Waals surface area contributed by atoms with Gasteiger partial charge in [0.05, 0.1) is 12.1 Å². The fourth-order valence-corrected chi connectivity index (χ4v) is 1.96. The Morgan fingerprint density at radius 2 is 2.13 bits per heavy atom. The maximum absolute atomic E-state index is 11.3. The zero-order valence-electron chi connectivity index (χ0n) is 8.08. The first-order valence-electron chi connectivity index (χ1n) is 4.90. The van der Waals surface area contributed by atoms with Crippen molar-refractivity contribution in [1.29, 1.82) is 0 Å². The van der Waals surface area contributed by atoms with Crippen LogP contribution in [0.15, 0.2) is 30.5 Å². The van der Waals surface area contributed by atoms with Crippen LogP contribution in [0.25, 0.3) is 6.08 Å². The molecule has 1 aromatic rings. The molecule has 2 aliphatic heterocycles. The molecule has 0 atom stereocenters. The normalized spacial score (nSPS) is 16.4. The summed E-state index contributed by atoms with van der Waals surface area (Å²) < 4.78 is 0. The van der Waals surface area contributed by atoms with E-state index >= 15 is 0 Å². The summed E-state index contributed by atoms with van der Waals surface area (Å²) in [7, 11) is 0. The van der Waals surface area contributed by atoms with E-state index in [1.165, 1.54) is 0 Å². The largest absolute Gasteiger partial charge is 0.361 e. The first-order chi connectivity index (χ1) is 7.34. The van der Waals surface area contributed by atoms with Crippen molar-refractivity contribution in [3.8, 4) is 0 Å². The summed E-state index contributed by atoms with van der Waals surface area (Å²) >= 11 is 0. The summed E-state index contributed by atoms with van der Waals surface area (Å²) in [6.45, 7) is 0. The zero-order valence-corrected chi connectivity index (χ0v) is 8.08. The number of hydrogen-bond acceptors (Lipinski definition) is 2. The Morgan fingerprint density at radius 3 is 3.07 bits per heavy atom. The molecular formula is C12H10N2O. The van der Waals surface area contributed by atoms with E-state index in [4.69, 9.17) is 0 Å². The average molecular weight is 198 g/mol.